The third-order valence-electron chi connectivity index (χ3n) is 3.08. The van der Waals surface area contributed by atoms with Gasteiger partial charge in [-0.25, -0.2) is 4.99 Å². The Hall–Kier alpha value is -1.71. The molecule has 0 fully saturated rings. The fourth-order valence-corrected chi connectivity index (χ4v) is 1.85. The van der Waals surface area contributed by atoms with Gasteiger partial charge in [-0.1, -0.05) is 13.8 Å². The molecule has 1 aliphatic heterocycles. The molecule has 1 heterocycles. The lowest BCUT2D eigenvalue weighted by molar-refractivity contribution is 0.290. The number of ether oxygens (including phenoxy) is 3. The first-order valence-corrected chi connectivity index (χ1v) is 6.08. The van der Waals surface area contributed by atoms with E-state index in [1.807, 2.05) is 18.2 Å². The van der Waals surface area contributed by atoms with Gasteiger partial charge in [-0.05, 0) is 18.1 Å². The Balaban J connectivity index is 2.31. The zero-order chi connectivity index (χ0) is 13.1. The van der Waals surface area contributed by atoms with E-state index in [0.717, 1.165) is 17.1 Å². The van der Waals surface area contributed by atoms with Crippen LogP contribution in [0.3, 0.4) is 0 Å². The first kappa shape index (κ1) is 12.7. The standard InChI is InChI=1S/C14H19NO3/c1-9(2)12-8-18-14(15-12)11-6-5-10(16-3)7-13(11)17-4/h5-7,9,12H,8H2,1-4H3/t12-/m0/s1. The van der Waals surface area contributed by atoms with Crippen molar-refractivity contribution in [2.45, 2.75) is 19.9 Å². The van der Waals surface area contributed by atoms with E-state index in [1.54, 1.807) is 14.2 Å². The zero-order valence-corrected chi connectivity index (χ0v) is 11.3. The van der Waals surface area contributed by atoms with Crippen LogP contribution in [0.25, 0.3) is 0 Å². The molecule has 1 atom stereocenters. The second-order valence-electron chi connectivity index (χ2n) is 4.62. The van der Waals surface area contributed by atoms with Gasteiger partial charge in [0.25, 0.3) is 0 Å². The fourth-order valence-electron chi connectivity index (χ4n) is 1.85. The highest BCUT2D eigenvalue weighted by Gasteiger charge is 2.24. The van der Waals surface area contributed by atoms with Gasteiger partial charge in [0.15, 0.2) is 0 Å². The second kappa shape index (κ2) is 5.29. The van der Waals surface area contributed by atoms with Crippen LogP contribution in [-0.2, 0) is 4.74 Å². The van der Waals surface area contributed by atoms with Gasteiger partial charge < -0.3 is 14.2 Å². The minimum atomic E-state index is 0.229. The Labute approximate surface area is 108 Å². The predicted octanol–water partition coefficient (Wildman–Crippen LogP) is 2.51. The molecule has 0 radical (unpaired) electrons. The van der Waals surface area contributed by atoms with Crippen molar-refractivity contribution in [3.05, 3.63) is 23.8 Å². The SMILES string of the molecule is COc1ccc(C2=N[C@H](C(C)C)CO2)c(OC)c1. The van der Waals surface area contributed by atoms with Gasteiger partial charge in [-0.3, -0.25) is 0 Å². The van der Waals surface area contributed by atoms with Crippen LogP contribution in [0.15, 0.2) is 23.2 Å². The summed E-state index contributed by atoms with van der Waals surface area (Å²) in [7, 11) is 3.26. The van der Waals surface area contributed by atoms with Crippen molar-refractivity contribution < 1.29 is 14.2 Å². The summed E-state index contributed by atoms with van der Waals surface area (Å²) in [6, 6.07) is 5.86. The van der Waals surface area contributed by atoms with Crippen molar-refractivity contribution in [1.29, 1.82) is 0 Å². The molecule has 0 aromatic heterocycles. The van der Waals surface area contributed by atoms with Crippen molar-refractivity contribution in [3.8, 4) is 11.5 Å². The molecule has 2 rings (SSSR count). The number of rotatable bonds is 4. The molecule has 18 heavy (non-hydrogen) atoms. The van der Waals surface area contributed by atoms with E-state index in [9.17, 15) is 0 Å². The van der Waals surface area contributed by atoms with Crippen molar-refractivity contribution in [3.63, 3.8) is 0 Å². The van der Waals surface area contributed by atoms with E-state index in [1.165, 1.54) is 0 Å². The number of methoxy groups -OCH3 is 2. The Morgan fingerprint density at radius 3 is 2.61 bits per heavy atom. The summed E-state index contributed by atoms with van der Waals surface area (Å²) in [6.45, 7) is 4.93. The highest BCUT2D eigenvalue weighted by Crippen LogP contribution is 2.28. The van der Waals surface area contributed by atoms with E-state index in [4.69, 9.17) is 14.2 Å². The maximum atomic E-state index is 5.66. The average Bonchev–Trinajstić information content (AvgIpc) is 2.87. The van der Waals surface area contributed by atoms with Crippen LogP contribution in [0.4, 0.5) is 0 Å². The van der Waals surface area contributed by atoms with E-state index in [-0.39, 0.29) is 6.04 Å². The second-order valence-corrected chi connectivity index (χ2v) is 4.62. The van der Waals surface area contributed by atoms with E-state index < -0.39 is 0 Å². The van der Waals surface area contributed by atoms with Crippen LogP contribution in [0, 0.1) is 5.92 Å². The molecule has 0 spiro atoms. The summed E-state index contributed by atoms with van der Waals surface area (Å²) in [4.78, 5) is 4.60. The Morgan fingerprint density at radius 2 is 2.06 bits per heavy atom. The quantitative estimate of drug-likeness (QED) is 0.823. The highest BCUT2D eigenvalue weighted by atomic mass is 16.5. The van der Waals surface area contributed by atoms with Crippen LogP contribution in [0.2, 0.25) is 0 Å². The Bertz CT molecular complexity index is 454. The van der Waals surface area contributed by atoms with Gasteiger partial charge in [0.05, 0.1) is 25.8 Å². The normalized spacial score (nSPS) is 18.5. The fraction of sp³-hybridized carbons (Fsp3) is 0.500. The molecule has 98 valence electrons. The number of aliphatic imine (C=N–C) groups is 1. The molecule has 0 bridgehead atoms. The van der Waals surface area contributed by atoms with Crippen molar-refractivity contribution in [2.24, 2.45) is 10.9 Å². The lowest BCUT2D eigenvalue weighted by atomic mass is 10.1. The van der Waals surface area contributed by atoms with Gasteiger partial charge in [-0.2, -0.15) is 0 Å². The van der Waals surface area contributed by atoms with Crippen molar-refractivity contribution in [1.82, 2.24) is 0 Å². The summed E-state index contributed by atoms with van der Waals surface area (Å²) in [5.41, 5.74) is 0.876. The molecule has 4 nitrogen and oxygen atoms in total. The maximum Gasteiger partial charge on any atom is 0.220 e. The molecule has 1 aromatic carbocycles. The molecule has 0 unspecified atom stereocenters. The summed E-state index contributed by atoms with van der Waals surface area (Å²) in [5.74, 6) is 2.62. The van der Waals surface area contributed by atoms with E-state index >= 15 is 0 Å². The minimum Gasteiger partial charge on any atom is -0.497 e. The topological polar surface area (TPSA) is 40.0 Å². The predicted molar refractivity (Wildman–Crippen MR) is 70.7 cm³/mol. The van der Waals surface area contributed by atoms with Gasteiger partial charge in [0.2, 0.25) is 5.90 Å². The molecular weight excluding hydrogens is 230 g/mol. The first-order valence-electron chi connectivity index (χ1n) is 6.08. The summed E-state index contributed by atoms with van der Waals surface area (Å²) >= 11 is 0. The molecule has 4 heteroatoms. The third-order valence-corrected chi connectivity index (χ3v) is 3.08. The highest BCUT2D eigenvalue weighted by molar-refractivity contribution is 5.98. The van der Waals surface area contributed by atoms with E-state index in [0.29, 0.717) is 18.4 Å². The lowest BCUT2D eigenvalue weighted by Crippen LogP contribution is -2.13. The number of nitrogens with zero attached hydrogens (tertiary/aromatic N) is 1. The monoisotopic (exact) mass is 249 g/mol. The molecule has 1 aromatic rings. The van der Waals surface area contributed by atoms with Crippen molar-refractivity contribution in [2.75, 3.05) is 20.8 Å². The number of hydrogen-bond donors (Lipinski definition) is 0. The molecule has 0 aliphatic carbocycles. The minimum absolute atomic E-state index is 0.229. The van der Waals surface area contributed by atoms with Gasteiger partial charge in [0.1, 0.15) is 18.1 Å². The number of hydrogen-bond acceptors (Lipinski definition) is 4. The average molecular weight is 249 g/mol. The smallest absolute Gasteiger partial charge is 0.220 e. The first-order chi connectivity index (χ1) is 8.65. The van der Waals surface area contributed by atoms with Crippen LogP contribution >= 0.6 is 0 Å². The van der Waals surface area contributed by atoms with Crippen LogP contribution < -0.4 is 9.47 Å². The summed E-state index contributed by atoms with van der Waals surface area (Å²) in [5, 5.41) is 0. The van der Waals surface area contributed by atoms with Crippen LogP contribution in [0.1, 0.15) is 19.4 Å². The number of benzene rings is 1. The molecular formula is C14H19NO3. The van der Waals surface area contributed by atoms with Crippen LogP contribution in [-0.4, -0.2) is 32.8 Å². The third kappa shape index (κ3) is 2.42. The van der Waals surface area contributed by atoms with Gasteiger partial charge in [-0.15, -0.1) is 0 Å². The maximum absolute atomic E-state index is 5.66. The molecule has 0 saturated heterocycles. The molecule has 1 aliphatic rings. The van der Waals surface area contributed by atoms with Crippen molar-refractivity contribution >= 4 is 5.90 Å². The summed E-state index contributed by atoms with van der Waals surface area (Å²) < 4.78 is 16.2. The zero-order valence-electron chi connectivity index (χ0n) is 11.3. The van der Waals surface area contributed by atoms with Gasteiger partial charge >= 0.3 is 0 Å². The lowest BCUT2D eigenvalue weighted by Gasteiger charge is -2.09. The summed E-state index contributed by atoms with van der Waals surface area (Å²) in [6.07, 6.45) is 0. The van der Waals surface area contributed by atoms with Crippen LogP contribution in [0.5, 0.6) is 11.5 Å². The Kier molecular flexibility index (Phi) is 3.75. The molecule has 0 saturated carbocycles. The van der Waals surface area contributed by atoms with Gasteiger partial charge in [0, 0.05) is 6.07 Å². The Morgan fingerprint density at radius 1 is 1.28 bits per heavy atom. The van der Waals surface area contributed by atoms with E-state index in [2.05, 4.69) is 18.8 Å². The molecule has 0 amide bonds. The molecule has 0 N–H and O–H groups in total. The largest absolute Gasteiger partial charge is 0.497 e.